The van der Waals surface area contributed by atoms with E-state index in [1.54, 1.807) is 0 Å². The molecule has 3 aliphatic rings. The summed E-state index contributed by atoms with van der Waals surface area (Å²) < 4.78 is 0. The van der Waals surface area contributed by atoms with Crippen molar-refractivity contribution >= 4 is 35.8 Å². The molecule has 0 aromatic rings. The first kappa shape index (κ1) is 25.6. The van der Waals surface area contributed by atoms with Gasteiger partial charge in [0.05, 0.1) is 6.10 Å². The van der Waals surface area contributed by atoms with Crippen LogP contribution in [0.3, 0.4) is 0 Å². The van der Waals surface area contributed by atoms with Crippen molar-refractivity contribution in [3.05, 3.63) is 0 Å². The third-order valence-corrected chi connectivity index (χ3v) is 6.60. The van der Waals surface area contributed by atoms with Crippen LogP contribution in [-0.2, 0) is 4.79 Å². The van der Waals surface area contributed by atoms with E-state index in [1.165, 1.54) is 19.3 Å². The minimum atomic E-state index is -0.107. The standard InChI is InChI=1S/C22H41N5O2.HI/c1-2-23-22(24-12-6-13-26-14-10-20(28)11-15-26)25-19-9-16-27(17-19)21(29)18-7-4-3-5-8-18;/h18-20,28H,2-17H2,1H3,(H2,23,24,25);1H. The average molecular weight is 536 g/mol. The van der Waals surface area contributed by atoms with Gasteiger partial charge in [-0.15, -0.1) is 24.0 Å². The van der Waals surface area contributed by atoms with Crippen LogP contribution in [-0.4, -0.2) is 84.7 Å². The molecule has 0 bridgehead atoms. The molecule has 1 aliphatic carbocycles. The summed E-state index contributed by atoms with van der Waals surface area (Å²) in [5.74, 6) is 1.52. The van der Waals surface area contributed by atoms with Crippen LogP contribution in [0.4, 0.5) is 0 Å². The van der Waals surface area contributed by atoms with Crippen LogP contribution in [0.2, 0.25) is 0 Å². The number of hydrogen-bond acceptors (Lipinski definition) is 4. The van der Waals surface area contributed by atoms with Crippen LogP contribution in [0.1, 0.15) is 64.7 Å². The van der Waals surface area contributed by atoms with E-state index in [-0.39, 0.29) is 36.0 Å². The van der Waals surface area contributed by atoms with Gasteiger partial charge in [-0.1, -0.05) is 19.3 Å². The third kappa shape index (κ3) is 8.15. The van der Waals surface area contributed by atoms with Gasteiger partial charge in [-0.05, 0) is 52.0 Å². The average Bonchev–Trinajstić information content (AvgIpc) is 3.21. The SMILES string of the molecule is CCNC(=NCCCN1CCC(O)CC1)NC1CCN(C(=O)C2CCCCC2)C1.I. The number of aliphatic imine (C=N–C) groups is 1. The highest BCUT2D eigenvalue weighted by Crippen LogP contribution is 2.26. The van der Waals surface area contributed by atoms with E-state index < -0.39 is 0 Å². The fourth-order valence-corrected chi connectivity index (χ4v) is 4.83. The van der Waals surface area contributed by atoms with Gasteiger partial charge in [-0.3, -0.25) is 9.79 Å². The predicted molar refractivity (Wildman–Crippen MR) is 132 cm³/mol. The van der Waals surface area contributed by atoms with Crippen LogP contribution in [0, 0.1) is 5.92 Å². The molecular formula is C22H42IN5O2. The first-order valence-electron chi connectivity index (χ1n) is 11.9. The van der Waals surface area contributed by atoms with E-state index in [9.17, 15) is 9.90 Å². The van der Waals surface area contributed by atoms with E-state index >= 15 is 0 Å². The number of hydrogen-bond donors (Lipinski definition) is 3. The van der Waals surface area contributed by atoms with Crippen LogP contribution < -0.4 is 10.6 Å². The molecule has 0 radical (unpaired) electrons. The molecule has 174 valence electrons. The molecular weight excluding hydrogens is 493 g/mol. The fraction of sp³-hybridized carbons (Fsp3) is 0.909. The number of aliphatic hydroxyl groups is 1. The summed E-state index contributed by atoms with van der Waals surface area (Å²) in [6.45, 7) is 8.43. The van der Waals surface area contributed by atoms with Crippen LogP contribution in [0.5, 0.6) is 0 Å². The van der Waals surface area contributed by atoms with E-state index in [4.69, 9.17) is 4.99 Å². The summed E-state index contributed by atoms with van der Waals surface area (Å²) in [6, 6.07) is 0.295. The first-order chi connectivity index (χ1) is 14.2. The lowest BCUT2D eigenvalue weighted by molar-refractivity contribution is -0.135. The number of piperidine rings is 1. The number of likely N-dealkylation sites (tertiary alicyclic amines) is 2. The molecule has 2 aliphatic heterocycles. The van der Waals surface area contributed by atoms with E-state index in [0.29, 0.717) is 11.9 Å². The smallest absolute Gasteiger partial charge is 0.225 e. The van der Waals surface area contributed by atoms with Crippen molar-refractivity contribution in [2.24, 2.45) is 10.9 Å². The number of carbonyl (C=O) groups excluding carboxylic acids is 1. The van der Waals surface area contributed by atoms with Gasteiger partial charge in [0.15, 0.2) is 5.96 Å². The van der Waals surface area contributed by atoms with Gasteiger partial charge in [0.1, 0.15) is 0 Å². The van der Waals surface area contributed by atoms with Crippen LogP contribution in [0.25, 0.3) is 0 Å². The summed E-state index contributed by atoms with van der Waals surface area (Å²) in [5.41, 5.74) is 0. The van der Waals surface area contributed by atoms with E-state index in [0.717, 1.165) is 90.3 Å². The largest absolute Gasteiger partial charge is 0.393 e. The molecule has 1 atom stereocenters. The van der Waals surface area contributed by atoms with Crippen molar-refractivity contribution in [1.29, 1.82) is 0 Å². The maximum atomic E-state index is 12.8. The van der Waals surface area contributed by atoms with Crippen LogP contribution in [0.15, 0.2) is 4.99 Å². The molecule has 1 amide bonds. The Hall–Kier alpha value is -0.610. The Balaban J connectivity index is 0.00000320. The van der Waals surface area contributed by atoms with Crippen molar-refractivity contribution in [3.8, 4) is 0 Å². The molecule has 3 rings (SSSR count). The highest BCUT2D eigenvalue weighted by Gasteiger charge is 2.31. The lowest BCUT2D eigenvalue weighted by atomic mass is 9.88. The van der Waals surface area contributed by atoms with Gasteiger partial charge in [-0.25, -0.2) is 0 Å². The maximum Gasteiger partial charge on any atom is 0.225 e. The monoisotopic (exact) mass is 535 g/mol. The maximum absolute atomic E-state index is 12.8. The van der Waals surface area contributed by atoms with E-state index in [1.807, 2.05) is 0 Å². The van der Waals surface area contributed by atoms with Gasteiger partial charge in [0.25, 0.3) is 0 Å². The molecule has 2 heterocycles. The molecule has 0 aromatic heterocycles. The zero-order valence-corrected chi connectivity index (χ0v) is 21.0. The lowest BCUT2D eigenvalue weighted by Gasteiger charge is -2.29. The summed E-state index contributed by atoms with van der Waals surface area (Å²) in [6.07, 6.45) is 9.57. The first-order valence-corrected chi connectivity index (χ1v) is 11.9. The zero-order valence-electron chi connectivity index (χ0n) is 18.7. The second-order valence-electron chi connectivity index (χ2n) is 8.94. The molecule has 30 heavy (non-hydrogen) atoms. The van der Waals surface area contributed by atoms with Gasteiger partial charge in [0, 0.05) is 51.2 Å². The number of amides is 1. The molecule has 2 saturated heterocycles. The Morgan fingerprint density at radius 2 is 1.80 bits per heavy atom. The predicted octanol–water partition coefficient (Wildman–Crippen LogP) is 2.19. The molecule has 3 N–H and O–H groups in total. The minimum Gasteiger partial charge on any atom is -0.393 e. The number of carbonyl (C=O) groups is 1. The summed E-state index contributed by atoms with van der Waals surface area (Å²) in [7, 11) is 0. The number of nitrogens with one attached hydrogen (secondary N) is 2. The Morgan fingerprint density at radius 1 is 1.07 bits per heavy atom. The molecule has 1 unspecified atom stereocenters. The Labute approximate surface area is 199 Å². The fourth-order valence-electron chi connectivity index (χ4n) is 4.83. The highest BCUT2D eigenvalue weighted by molar-refractivity contribution is 14.0. The van der Waals surface area contributed by atoms with Gasteiger partial charge in [-0.2, -0.15) is 0 Å². The van der Waals surface area contributed by atoms with Gasteiger partial charge in [0.2, 0.25) is 5.91 Å². The topological polar surface area (TPSA) is 80.2 Å². The number of aliphatic hydroxyl groups excluding tert-OH is 1. The lowest BCUT2D eigenvalue weighted by Crippen LogP contribution is -2.45. The number of rotatable bonds is 7. The number of nitrogens with zero attached hydrogens (tertiary/aromatic N) is 3. The van der Waals surface area contributed by atoms with Gasteiger partial charge < -0.3 is 25.5 Å². The molecule has 8 heteroatoms. The van der Waals surface area contributed by atoms with Crippen molar-refractivity contribution in [2.45, 2.75) is 76.9 Å². The molecule has 3 fully saturated rings. The summed E-state index contributed by atoms with van der Waals surface area (Å²) in [5, 5.41) is 16.5. The van der Waals surface area contributed by atoms with Crippen molar-refractivity contribution < 1.29 is 9.90 Å². The van der Waals surface area contributed by atoms with Gasteiger partial charge >= 0.3 is 0 Å². The molecule has 0 spiro atoms. The third-order valence-electron chi connectivity index (χ3n) is 6.60. The second kappa shape index (κ2) is 13.7. The normalized spacial score (nSPS) is 24.5. The van der Waals surface area contributed by atoms with Crippen molar-refractivity contribution in [1.82, 2.24) is 20.4 Å². The Kier molecular flexibility index (Phi) is 11.7. The van der Waals surface area contributed by atoms with Crippen LogP contribution >= 0.6 is 24.0 Å². The molecule has 1 saturated carbocycles. The summed E-state index contributed by atoms with van der Waals surface area (Å²) >= 11 is 0. The van der Waals surface area contributed by atoms with Crippen molar-refractivity contribution in [2.75, 3.05) is 45.8 Å². The number of halogens is 1. The molecule has 0 aromatic carbocycles. The Bertz CT molecular complexity index is 534. The minimum absolute atomic E-state index is 0. The zero-order chi connectivity index (χ0) is 20.5. The number of guanidine groups is 1. The Morgan fingerprint density at radius 3 is 2.50 bits per heavy atom. The second-order valence-corrected chi connectivity index (χ2v) is 8.94. The highest BCUT2D eigenvalue weighted by atomic mass is 127. The molecule has 7 nitrogen and oxygen atoms in total. The quantitative estimate of drug-likeness (QED) is 0.202. The van der Waals surface area contributed by atoms with E-state index in [2.05, 4.69) is 27.4 Å². The summed E-state index contributed by atoms with van der Waals surface area (Å²) in [4.78, 5) is 22.0. The van der Waals surface area contributed by atoms with Crippen molar-refractivity contribution in [3.63, 3.8) is 0 Å².